The van der Waals surface area contributed by atoms with E-state index in [9.17, 15) is 14.4 Å². The van der Waals surface area contributed by atoms with Crippen molar-refractivity contribution in [1.29, 1.82) is 0 Å². The van der Waals surface area contributed by atoms with Gasteiger partial charge in [-0.2, -0.15) is 0 Å². The molecule has 0 aliphatic rings. The van der Waals surface area contributed by atoms with E-state index in [1.165, 1.54) is 141 Å². The fourth-order valence-electron chi connectivity index (χ4n) is 8.88. The first-order valence-corrected chi connectivity index (χ1v) is 32.4. The highest BCUT2D eigenvalue weighted by Gasteiger charge is 2.19. The Bertz CT molecular complexity index is 1560. The lowest BCUT2D eigenvalue weighted by Gasteiger charge is -2.18. The van der Waals surface area contributed by atoms with Crippen molar-refractivity contribution in [3.05, 3.63) is 109 Å². The van der Waals surface area contributed by atoms with Crippen LogP contribution in [0.5, 0.6) is 0 Å². The summed E-state index contributed by atoms with van der Waals surface area (Å²) in [6, 6.07) is 0. The smallest absolute Gasteiger partial charge is 0.306 e. The van der Waals surface area contributed by atoms with E-state index in [1.54, 1.807) is 0 Å². The Hall–Kier alpha value is -3.93. The van der Waals surface area contributed by atoms with Gasteiger partial charge in [0.25, 0.3) is 0 Å². The summed E-state index contributed by atoms with van der Waals surface area (Å²) < 4.78 is 16.9. The molecule has 0 aromatic heterocycles. The number of carbonyl (C=O) groups excluding carboxylic acids is 3. The van der Waals surface area contributed by atoms with Gasteiger partial charge in [0.05, 0.1) is 0 Å². The molecule has 0 heterocycles. The maximum absolute atomic E-state index is 12.9. The predicted molar refractivity (Wildman–Crippen MR) is 334 cm³/mol. The maximum Gasteiger partial charge on any atom is 0.306 e. The molecule has 0 spiro atoms. The van der Waals surface area contributed by atoms with Gasteiger partial charge in [0.2, 0.25) is 0 Å². The molecular weight excluding hydrogens is 949 g/mol. The lowest BCUT2D eigenvalue weighted by Crippen LogP contribution is -2.30. The molecule has 6 nitrogen and oxygen atoms in total. The molecule has 0 aromatic carbocycles. The monoisotopic (exact) mass is 1070 g/mol. The van der Waals surface area contributed by atoms with E-state index in [0.29, 0.717) is 19.3 Å². The zero-order valence-corrected chi connectivity index (χ0v) is 50.4. The predicted octanol–water partition coefficient (Wildman–Crippen LogP) is 22.2. The lowest BCUT2D eigenvalue weighted by atomic mass is 10.1. The van der Waals surface area contributed by atoms with Gasteiger partial charge in [0.15, 0.2) is 6.10 Å². The Balaban J connectivity index is 4.45. The molecule has 0 bridgehead atoms. The van der Waals surface area contributed by atoms with Gasteiger partial charge < -0.3 is 14.2 Å². The summed E-state index contributed by atoms with van der Waals surface area (Å²) in [4.78, 5) is 38.4. The second-order valence-corrected chi connectivity index (χ2v) is 21.3. The molecular formula is C71H120O6. The zero-order valence-electron chi connectivity index (χ0n) is 50.4. The number of ether oxygens (including phenoxy) is 3. The van der Waals surface area contributed by atoms with Gasteiger partial charge >= 0.3 is 17.9 Å². The van der Waals surface area contributed by atoms with Crippen LogP contribution in [0.25, 0.3) is 0 Å². The summed E-state index contributed by atoms with van der Waals surface area (Å²) >= 11 is 0. The average molecular weight is 1070 g/mol. The molecule has 0 rings (SSSR count). The molecule has 0 N–H and O–H groups in total. The zero-order chi connectivity index (χ0) is 55.7. The van der Waals surface area contributed by atoms with Crippen molar-refractivity contribution in [1.82, 2.24) is 0 Å². The minimum absolute atomic E-state index is 0.0955. The van der Waals surface area contributed by atoms with Crippen LogP contribution < -0.4 is 0 Å². The fourth-order valence-corrected chi connectivity index (χ4v) is 8.88. The third-order valence-electron chi connectivity index (χ3n) is 13.7. The number of rotatable bonds is 58. The van der Waals surface area contributed by atoms with E-state index in [2.05, 4.69) is 130 Å². The van der Waals surface area contributed by atoms with Crippen LogP contribution in [0, 0.1) is 0 Å². The van der Waals surface area contributed by atoms with Crippen molar-refractivity contribution in [2.45, 2.75) is 309 Å². The Morgan fingerprint density at radius 2 is 0.506 bits per heavy atom. The second-order valence-electron chi connectivity index (χ2n) is 21.3. The molecule has 0 amide bonds. The van der Waals surface area contributed by atoms with E-state index < -0.39 is 6.10 Å². The van der Waals surface area contributed by atoms with Crippen LogP contribution >= 0.6 is 0 Å². The van der Waals surface area contributed by atoms with Crippen molar-refractivity contribution >= 4 is 17.9 Å². The molecule has 6 heteroatoms. The first-order valence-electron chi connectivity index (χ1n) is 32.4. The highest BCUT2D eigenvalue weighted by Crippen LogP contribution is 2.15. The number of unbranched alkanes of at least 4 members (excludes halogenated alkanes) is 29. The molecule has 0 aromatic rings. The van der Waals surface area contributed by atoms with Gasteiger partial charge in [-0.1, -0.05) is 265 Å². The lowest BCUT2D eigenvalue weighted by molar-refractivity contribution is -0.167. The molecule has 0 saturated carbocycles. The molecule has 440 valence electrons. The highest BCUT2D eigenvalue weighted by molar-refractivity contribution is 5.71. The van der Waals surface area contributed by atoms with E-state index in [-0.39, 0.29) is 31.1 Å². The second kappa shape index (κ2) is 64.6. The first-order chi connectivity index (χ1) is 38.0. The van der Waals surface area contributed by atoms with Gasteiger partial charge in [-0.3, -0.25) is 14.4 Å². The SMILES string of the molecule is CC/C=C\C/C=C\C/C=C\C/C=C\CCCCCCC(=O)OCC(COC(=O)CCCCCCCC/C=C\C/C=C\C/C=C\CCCCCCC)OC(=O)CCCCCCCCCCC/C=C\C/C=C\CCCCCCC. The van der Waals surface area contributed by atoms with E-state index in [0.717, 1.165) is 122 Å². The quantitative estimate of drug-likeness (QED) is 0.0261. The standard InChI is InChI=1S/C71H120O6/c1-4-7-10-13-16-19-22-25-28-31-33-35-37-40-43-46-49-52-55-58-61-64-70(73)76-67-68(66-75-69(72)63-60-57-54-51-48-45-42-39-30-27-24-21-18-15-12-9-6-3)77-71(74)65-62-59-56-53-50-47-44-41-38-36-34-32-29-26-23-20-17-14-11-8-5-2/h9,12,18,21-23,25-27,30-34,37,40,42,45,68H,4-8,10-11,13-17,19-20,24,28-29,35-36,38-39,41,43-44,46-67H2,1-3H3/b12-9-,21-18-,25-22-,26-23-,30-27-,33-31-,34-32-,40-37-,45-42-. The molecule has 0 aliphatic carbocycles. The summed E-state index contributed by atoms with van der Waals surface area (Å²) in [6.07, 6.45) is 88.0. The van der Waals surface area contributed by atoms with Crippen LogP contribution in [0.1, 0.15) is 303 Å². The summed E-state index contributed by atoms with van der Waals surface area (Å²) in [5, 5.41) is 0. The summed E-state index contributed by atoms with van der Waals surface area (Å²) in [6.45, 7) is 6.49. The third kappa shape index (κ3) is 62.8. The van der Waals surface area contributed by atoms with Crippen LogP contribution in [0.2, 0.25) is 0 Å². The van der Waals surface area contributed by atoms with Crippen LogP contribution in [0.3, 0.4) is 0 Å². The van der Waals surface area contributed by atoms with Gasteiger partial charge in [0.1, 0.15) is 13.2 Å². The molecule has 0 aliphatic heterocycles. The summed E-state index contributed by atoms with van der Waals surface area (Å²) in [5.74, 6) is -0.928. The largest absolute Gasteiger partial charge is 0.462 e. The van der Waals surface area contributed by atoms with Crippen molar-refractivity contribution in [3.63, 3.8) is 0 Å². The molecule has 1 atom stereocenters. The summed E-state index contributed by atoms with van der Waals surface area (Å²) in [7, 11) is 0. The fraction of sp³-hybridized carbons (Fsp3) is 0.704. The number of carbonyl (C=O) groups is 3. The topological polar surface area (TPSA) is 78.9 Å². The molecule has 0 saturated heterocycles. The molecule has 77 heavy (non-hydrogen) atoms. The minimum Gasteiger partial charge on any atom is -0.462 e. The van der Waals surface area contributed by atoms with Crippen molar-refractivity contribution in [2.24, 2.45) is 0 Å². The maximum atomic E-state index is 12.9. The van der Waals surface area contributed by atoms with E-state index in [1.807, 2.05) is 0 Å². The number of hydrogen-bond acceptors (Lipinski definition) is 6. The molecule has 0 radical (unpaired) electrons. The first kappa shape index (κ1) is 73.1. The Morgan fingerprint density at radius 3 is 0.792 bits per heavy atom. The Morgan fingerprint density at radius 1 is 0.273 bits per heavy atom. The van der Waals surface area contributed by atoms with Crippen LogP contribution in [0.15, 0.2) is 109 Å². The van der Waals surface area contributed by atoms with Crippen LogP contribution in [0.4, 0.5) is 0 Å². The summed E-state index contributed by atoms with van der Waals surface area (Å²) in [5.41, 5.74) is 0. The van der Waals surface area contributed by atoms with E-state index in [4.69, 9.17) is 14.2 Å². The van der Waals surface area contributed by atoms with Crippen molar-refractivity contribution in [3.8, 4) is 0 Å². The molecule has 0 fully saturated rings. The van der Waals surface area contributed by atoms with Crippen molar-refractivity contribution < 1.29 is 28.6 Å². The van der Waals surface area contributed by atoms with Gasteiger partial charge in [0, 0.05) is 19.3 Å². The molecule has 1 unspecified atom stereocenters. The van der Waals surface area contributed by atoms with Gasteiger partial charge in [-0.05, 0) is 128 Å². The average Bonchev–Trinajstić information content (AvgIpc) is 3.43. The normalized spacial score (nSPS) is 12.8. The minimum atomic E-state index is -0.800. The number of hydrogen-bond donors (Lipinski definition) is 0. The van der Waals surface area contributed by atoms with E-state index >= 15 is 0 Å². The Labute approximate surface area is 476 Å². The highest BCUT2D eigenvalue weighted by atomic mass is 16.6. The number of esters is 3. The van der Waals surface area contributed by atoms with Gasteiger partial charge in [-0.25, -0.2) is 0 Å². The Kier molecular flexibility index (Phi) is 61.3. The van der Waals surface area contributed by atoms with Crippen molar-refractivity contribution in [2.75, 3.05) is 13.2 Å². The number of allylic oxidation sites excluding steroid dienone is 18. The van der Waals surface area contributed by atoms with Crippen LogP contribution in [-0.2, 0) is 28.6 Å². The van der Waals surface area contributed by atoms with Gasteiger partial charge in [-0.15, -0.1) is 0 Å². The van der Waals surface area contributed by atoms with Crippen LogP contribution in [-0.4, -0.2) is 37.2 Å². The third-order valence-corrected chi connectivity index (χ3v) is 13.7.